The second-order valence-corrected chi connectivity index (χ2v) is 15.4. The molecule has 0 saturated carbocycles. The van der Waals surface area contributed by atoms with Crippen molar-refractivity contribution >= 4 is 19.8 Å². The Labute approximate surface area is 294 Å². The van der Waals surface area contributed by atoms with E-state index >= 15 is 0 Å². The van der Waals surface area contributed by atoms with E-state index in [2.05, 4.69) is 38.2 Å². The summed E-state index contributed by atoms with van der Waals surface area (Å²) in [5.41, 5.74) is 0. The Morgan fingerprint density at radius 1 is 0.646 bits per heavy atom. The molecule has 48 heavy (non-hydrogen) atoms. The Morgan fingerprint density at radius 3 is 1.71 bits per heavy atom. The van der Waals surface area contributed by atoms with Gasteiger partial charge in [0, 0.05) is 12.8 Å². The van der Waals surface area contributed by atoms with Crippen LogP contribution >= 0.6 is 7.82 Å². The molecule has 0 heterocycles. The van der Waals surface area contributed by atoms with Crippen LogP contribution in [0, 0.1) is 0 Å². The van der Waals surface area contributed by atoms with Gasteiger partial charge in [-0.05, 0) is 38.5 Å². The summed E-state index contributed by atoms with van der Waals surface area (Å²) in [5, 5.41) is 0. The lowest BCUT2D eigenvalue weighted by Crippen LogP contribution is -2.37. The van der Waals surface area contributed by atoms with E-state index in [0.717, 1.165) is 64.2 Å². The molecule has 10 heteroatoms. The normalized spacial score (nSPS) is 14.0. The Balaban J connectivity index is 4.47. The minimum absolute atomic E-state index is 0.0301. The maximum Gasteiger partial charge on any atom is 0.472 e. The molecule has 0 aliphatic rings. The molecule has 0 aromatic heterocycles. The number of unbranched alkanes of at least 4 members (excludes halogenated alkanes) is 16. The van der Waals surface area contributed by atoms with Gasteiger partial charge in [0.2, 0.25) is 0 Å². The van der Waals surface area contributed by atoms with Gasteiger partial charge in [-0.3, -0.25) is 18.6 Å². The van der Waals surface area contributed by atoms with Crippen LogP contribution in [0.2, 0.25) is 0 Å². The number of likely N-dealkylation sites (N-methyl/N-ethyl adjacent to an activating group) is 1. The molecule has 0 fully saturated rings. The van der Waals surface area contributed by atoms with Crippen molar-refractivity contribution in [2.75, 3.05) is 47.5 Å². The van der Waals surface area contributed by atoms with Crippen LogP contribution < -0.4 is 0 Å². The Morgan fingerprint density at radius 2 is 1.15 bits per heavy atom. The molecule has 0 rings (SSSR count). The standard InChI is InChI=1S/C38H72NO8P/c1-6-8-10-12-14-16-18-19-20-21-23-25-27-29-31-38(41)47-36(35-46-48(42,43)45-33-32-39(3,4)5)34-44-37(40)30-28-26-24-22-17-15-13-11-9-7-2/h12,14,18-19,36H,6-11,13,15-17,20-35H2,1-5H3/p+1/b14-12-,19-18-. The van der Waals surface area contributed by atoms with Gasteiger partial charge in [-0.15, -0.1) is 0 Å². The van der Waals surface area contributed by atoms with E-state index in [-0.39, 0.29) is 32.0 Å². The van der Waals surface area contributed by atoms with Crippen LogP contribution in [0.3, 0.4) is 0 Å². The molecule has 0 aliphatic heterocycles. The van der Waals surface area contributed by atoms with Gasteiger partial charge in [0.15, 0.2) is 6.10 Å². The fraction of sp³-hybridized carbons (Fsp3) is 0.842. The third kappa shape index (κ3) is 34.4. The Kier molecular flexibility index (Phi) is 30.5. The minimum atomic E-state index is -4.37. The topological polar surface area (TPSA) is 108 Å². The van der Waals surface area contributed by atoms with Crippen LogP contribution in [-0.4, -0.2) is 74.9 Å². The maximum absolute atomic E-state index is 12.6. The highest BCUT2D eigenvalue weighted by atomic mass is 31.2. The number of phosphoric ester groups is 1. The SMILES string of the molecule is CCCC/C=C\C/C=C\CCCCCCCC(=O)OC(COC(=O)CCCCCCCCCCCC)COP(=O)(O)OCC[N+](C)(C)C. The highest BCUT2D eigenvalue weighted by molar-refractivity contribution is 7.47. The van der Waals surface area contributed by atoms with Crippen LogP contribution in [0.25, 0.3) is 0 Å². The summed E-state index contributed by atoms with van der Waals surface area (Å²) in [5.74, 6) is -0.816. The molecule has 9 nitrogen and oxygen atoms in total. The van der Waals surface area contributed by atoms with Gasteiger partial charge in [-0.1, -0.05) is 128 Å². The van der Waals surface area contributed by atoms with Crippen molar-refractivity contribution in [3.05, 3.63) is 24.3 Å². The molecule has 0 aliphatic carbocycles. The lowest BCUT2D eigenvalue weighted by molar-refractivity contribution is -0.870. The van der Waals surface area contributed by atoms with E-state index in [9.17, 15) is 19.0 Å². The number of carbonyl (C=O) groups excluding carboxylic acids is 2. The first-order valence-corrected chi connectivity index (χ1v) is 20.6. The minimum Gasteiger partial charge on any atom is -0.462 e. The lowest BCUT2D eigenvalue weighted by atomic mass is 10.1. The first-order chi connectivity index (χ1) is 23.0. The number of hydrogen-bond acceptors (Lipinski definition) is 7. The molecule has 0 bridgehead atoms. The smallest absolute Gasteiger partial charge is 0.462 e. The second-order valence-electron chi connectivity index (χ2n) is 14.0. The summed E-state index contributed by atoms with van der Waals surface area (Å²) in [6.07, 6.45) is 30.8. The average Bonchev–Trinajstić information content (AvgIpc) is 3.02. The van der Waals surface area contributed by atoms with Gasteiger partial charge in [-0.25, -0.2) is 4.57 Å². The molecule has 2 atom stereocenters. The van der Waals surface area contributed by atoms with Crippen molar-refractivity contribution in [3.63, 3.8) is 0 Å². The zero-order valence-electron chi connectivity index (χ0n) is 31.5. The summed E-state index contributed by atoms with van der Waals surface area (Å²) >= 11 is 0. The predicted molar refractivity (Wildman–Crippen MR) is 197 cm³/mol. The summed E-state index contributed by atoms with van der Waals surface area (Å²) < 4.78 is 34.1. The van der Waals surface area contributed by atoms with Gasteiger partial charge in [-0.2, -0.15) is 0 Å². The molecule has 0 aromatic carbocycles. The summed E-state index contributed by atoms with van der Waals surface area (Å²) in [4.78, 5) is 35.1. The molecule has 2 unspecified atom stereocenters. The van der Waals surface area contributed by atoms with Gasteiger partial charge in [0.1, 0.15) is 19.8 Å². The monoisotopic (exact) mass is 703 g/mol. The number of ether oxygens (including phenoxy) is 2. The zero-order valence-corrected chi connectivity index (χ0v) is 32.4. The molecule has 0 saturated heterocycles. The highest BCUT2D eigenvalue weighted by Crippen LogP contribution is 2.43. The number of carbonyl (C=O) groups is 2. The fourth-order valence-corrected chi connectivity index (χ4v) is 5.65. The number of allylic oxidation sites excluding steroid dienone is 4. The van der Waals surface area contributed by atoms with Crippen LogP contribution in [0.4, 0.5) is 0 Å². The van der Waals surface area contributed by atoms with E-state index in [0.29, 0.717) is 17.4 Å². The average molecular weight is 703 g/mol. The number of phosphoric acid groups is 1. The molecule has 0 amide bonds. The number of quaternary nitrogens is 1. The molecule has 0 spiro atoms. The molecular weight excluding hydrogens is 629 g/mol. The van der Waals surface area contributed by atoms with Crippen molar-refractivity contribution in [3.8, 4) is 0 Å². The van der Waals surface area contributed by atoms with Gasteiger partial charge < -0.3 is 18.9 Å². The van der Waals surface area contributed by atoms with Crippen LogP contribution in [0.15, 0.2) is 24.3 Å². The number of nitrogens with zero attached hydrogens (tertiary/aromatic N) is 1. The van der Waals surface area contributed by atoms with Crippen molar-refractivity contribution in [1.29, 1.82) is 0 Å². The summed E-state index contributed by atoms with van der Waals surface area (Å²) in [7, 11) is 1.47. The quantitative estimate of drug-likeness (QED) is 0.0232. The van der Waals surface area contributed by atoms with E-state index in [4.69, 9.17) is 18.5 Å². The Hall–Kier alpha value is -1.51. The zero-order chi connectivity index (χ0) is 35.8. The first-order valence-electron chi connectivity index (χ1n) is 19.1. The molecular formula is C38H73NO8P+. The van der Waals surface area contributed by atoms with Crippen molar-refractivity contribution < 1.29 is 42.1 Å². The number of rotatable bonds is 34. The fourth-order valence-electron chi connectivity index (χ4n) is 4.91. The molecule has 0 radical (unpaired) electrons. The van der Waals surface area contributed by atoms with Crippen LogP contribution in [-0.2, 0) is 32.7 Å². The Bertz CT molecular complexity index is 886. The molecule has 1 N–H and O–H groups in total. The van der Waals surface area contributed by atoms with E-state index < -0.39 is 26.5 Å². The highest BCUT2D eigenvalue weighted by Gasteiger charge is 2.27. The first kappa shape index (κ1) is 46.5. The van der Waals surface area contributed by atoms with Gasteiger partial charge in [0.25, 0.3) is 0 Å². The third-order valence-corrected chi connectivity index (χ3v) is 8.97. The number of hydrogen-bond donors (Lipinski definition) is 1. The van der Waals surface area contributed by atoms with Crippen LogP contribution in [0.1, 0.15) is 155 Å². The van der Waals surface area contributed by atoms with Crippen molar-refractivity contribution in [2.45, 2.75) is 161 Å². The van der Waals surface area contributed by atoms with Gasteiger partial charge >= 0.3 is 19.8 Å². The summed E-state index contributed by atoms with van der Waals surface area (Å²) in [6, 6.07) is 0. The van der Waals surface area contributed by atoms with Crippen LogP contribution in [0.5, 0.6) is 0 Å². The maximum atomic E-state index is 12.6. The lowest BCUT2D eigenvalue weighted by Gasteiger charge is -2.24. The second kappa shape index (κ2) is 31.5. The van der Waals surface area contributed by atoms with Gasteiger partial charge in [0.05, 0.1) is 27.7 Å². The third-order valence-electron chi connectivity index (χ3n) is 7.98. The summed E-state index contributed by atoms with van der Waals surface area (Å²) in [6.45, 7) is 4.33. The predicted octanol–water partition coefficient (Wildman–Crippen LogP) is 10.0. The van der Waals surface area contributed by atoms with E-state index in [1.54, 1.807) is 0 Å². The molecule has 0 aromatic rings. The largest absolute Gasteiger partial charge is 0.472 e. The number of esters is 2. The van der Waals surface area contributed by atoms with Crippen molar-refractivity contribution in [2.24, 2.45) is 0 Å². The van der Waals surface area contributed by atoms with E-state index in [1.165, 1.54) is 57.8 Å². The van der Waals surface area contributed by atoms with Crippen molar-refractivity contribution in [1.82, 2.24) is 0 Å². The molecule has 282 valence electrons. The van der Waals surface area contributed by atoms with E-state index in [1.807, 2.05) is 21.1 Å².